The lowest BCUT2D eigenvalue weighted by molar-refractivity contribution is -0.137. The van der Waals surface area contributed by atoms with Crippen LogP contribution in [0.15, 0.2) is 16.5 Å². The molecule has 0 saturated carbocycles. The molecule has 0 aliphatic rings. The van der Waals surface area contributed by atoms with Crippen molar-refractivity contribution in [1.82, 2.24) is 0 Å². The molecule has 0 aliphatic carbocycles. The zero-order chi connectivity index (χ0) is 9.14. The fourth-order valence-corrected chi connectivity index (χ4v) is 1.08. The number of aliphatic carboxylic acids is 1. The third kappa shape index (κ3) is 2.12. The van der Waals surface area contributed by atoms with E-state index in [2.05, 4.69) is 0 Å². The number of aryl methyl sites for hydroxylation is 1. The van der Waals surface area contributed by atoms with E-state index < -0.39 is 5.97 Å². The number of carboxylic acids is 1. The van der Waals surface area contributed by atoms with Crippen molar-refractivity contribution in [3.8, 4) is 0 Å². The maximum absolute atomic E-state index is 10.3. The van der Waals surface area contributed by atoms with E-state index in [1.165, 1.54) is 0 Å². The van der Waals surface area contributed by atoms with Gasteiger partial charge in [0, 0.05) is 5.92 Å². The number of hydrogen-bond donors (Lipinski definition) is 1. The number of furan rings is 1. The van der Waals surface area contributed by atoms with Gasteiger partial charge in [-0.25, -0.2) is 0 Å². The number of rotatable bonds is 3. The zero-order valence-corrected chi connectivity index (χ0v) is 7.20. The highest BCUT2D eigenvalue weighted by atomic mass is 16.4. The summed E-state index contributed by atoms with van der Waals surface area (Å²) in [5, 5.41) is 8.51. The topological polar surface area (TPSA) is 50.4 Å². The summed E-state index contributed by atoms with van der Waals surface area (Å²) in [6.07, 6.45) is 0.118. The Hall–Kier alpha value is -1.25. The van der Waals surface area contributed by atoms with Crippen LogP contribution in [0.1, 0.15) is 30.8 Å². The van der Waals surface area contributed by atoms with Crippen LogP contribution in [0, 0.1) is 6.92 Å². The van der Waals surface area contributed by atoms with Crippen molar-refractivity contribution in [3.63, 3.8) is 0 Å². The number of hydrogen-bond acceptors (Lipinski definition) is 2. The fraction of sp³-hybridized carbons (Fsp3) is 0.444. The normalized spacial score (nSPS) is 12.8. The predicted molar refractivity (Wildman–Crippen MR) is 44.1 cm³/mol. The molecular formula is C9H12O3. The molecule has 0 aliphatic heterocycles. The average Bonchev–Trinajstić information content (AvgIpc) is 2.34. The van der Waals surface area contributed by atoms with Crippen molar-refractivity contribution in [3.05, 3.63) is 23.7 Å². The minimum absolute atomic E-state index is 0.0452. The summed E-state index contributed by atoms with van der Waals surface area (Å²) in [6.45, 7) is 3.68. The van der Waals surface area contributed by atoms with Crippen molar-refractivity contribution in [1.29, 1.82) is 0 Å². The van der Waals surface area contributed by atoms with Gasteiger partial charge in [0.25, 0.3) is 0 Å². The molecule has 66 valence electrons. The average molecular weight is 168 g/mol. The maximum atomic E-state index is 10.3. The quantitative estimate of drug-likeness (QED) is 0.752. The molecule has 0 bridgehead atoms. The Balaban J connectivity index is 2.64. The molecule has 0 radical (unpaired) electrons. The Morgan fingerprint density at radius 3 is 2.75 bits per heavy atom. The molecule has 0 fully saturated rings. The maximum Gasteiger partial charge on any atom is 0.304 e. The monoisotopic (exact) mass is 168 g/mol. The molecular weight excluding hydrogens is 156 g/mol. The lowest BCUT2D eigenvalue weighted by Gasteiger charge is -2.03. The second-order valence-corrected chi connectivity index (χ2v) is 2.95. The van der Waals surface area contributed by atoms with Gasteiger partial charge in [0.2, 0.25) is 0 Å². The minimum Gasteiger partial charge on any atom is -0.481 e. The predicted octanol–water partition coefficient (Wildman–Crippen LogP) is 2.17. The zero-order valence-electron chi connectivity index (χ0n) is 7.20. The summed E-state index contributed by atoms with van der Waals surface area (Å²) in [5.41, 5.74) is 0. The second kappa shape index (κ2) is 3.43. The Labute approximate surface area is 71.0 Å². The SMILES string of the molecule is Cc1ccc([C@@H](C)CC(=O)O)o1. The van der Waals surface area contributed by atoms with Crippen LogP contribution in [0.2, 0.25) is 0 Å². The molecule has 1 N–H and O–H groups in total. The van der Waals surface area contributed by atoms with Gasteiger partial charge in [0.1, 0.15) is 11.5 Å². The molecule has 12 heavy (non-hydrogen) atoms. The van der Waals surface area contributed by atoms with E-state index in [9.17, 15) is 4.79 Å². The summed E-state index contributed by atoms with van der Waals surface area (Å²) < 4.78 is 5.28. The number of carbonyl (C=O) groups is 1. The van der Waals surface area contributed by atoms with Gasteiger partial charge in [-0.05, 0) is 19.1 Å². The standard InChI is InChI=1S/C9H12O3/c1-6(5-9(10)11)8-4-3-7(2)12-8/h3-4,6H,5H2,1-2H3,(H,10,11)/t6-/m0/s1. The number of carboxylic acid groups (broad SMARTS) is 1. The van der Waals surface area contributed by atoms with Crippen LogP contribution < -0.4 is 0 Å². The third-order valence-electron chi connectivity index (χ3n) is 1.73. The first kappa shape index (κ1) is 8.84. The Morgan fingerprint density at radius 2 is 2.33 bits per heavy atom. The van der Waals surface area contributed by atoms with Crippen LogP contribution in [0.3, 0.4) is 0 Å². The highest BCUT2D eigenvalue weighted by molar-refractivity contribution is 5.67. The largest absolute Gasteiger partial charge is 0.481 e. The highest BCUT2D eigenvalue weighted by Gasteiger charge is 2.12. The molecule has 3 heteroatoms. The van der Waals surface area contributed by atoms with Crippen molar-refractivity contribution in [2.24, 2.45) is 0 Å². The first-order chi connectivity index (χ1) is 5.59. The van der Waals surface area contributed by atoms with Crippen LogP contribution >= 0.6 is 0 Å². The van der Waals surface area contributed by atoms with E-state index in [4.69, 9.17) is 9.52 Å². The van der Waals surface area contributed by atoms with Crippen LogP contribution in [-0.4, -0.2) is 11.1 Å². The first-order valence-corrected chi connectivity index (χ1v) is 3.87. The van der Waals surface area contributed by atoms with Gasteiger partial charge in [-0.3, -0.25) is 4.79 Å². The Kier molecular flexibility index (Phi) is 2.53. The van der Waals surface area contributed by atoms with Crippen LogP contribution in [0.4, 0.5) is 0 Å². The fourth-order valence-electron chi connectivity index (χ4n) is 1.08. The van der Waals surface area contributed by atoms with Gasteiger partial charge in [-0.2, -0.15) is 0 Å². The van der Waals surface area contributed by atoms with Gasteiger partial charge >= 0.3 is 5.97 Å². The van der Waals surface area contributed by atoms with Crippen molar-refractivity contribution in [2.75, 3.05) is 0 Å². The van der Waals surface area contributed by atoms with Crippen LogP contribution in [-0.2, 0) is 4.79 Å². The molecule has 1 aromatic rings. The molecule has 1 rings (SSSR count). The first-order valence-electron chi connectivity index (χ1n) is 3.87. The Bertz CT molecular complexity index is 275. The summed E-state index contributed by atoms with van der Waals surface area (Å²) in [4.78, 5) is 10.3. The van der Waals surface area contributed by atoms with E-state index in [1.54, 1.807) is 0 Å². The smallest absolute Gasteiger partial charge is 0.304 e. The molecule has 0 saturated heterocycles. The van der Waals surface area contributed by atoms with Crippen molar-refractivity contribution >= 4 is 5.97 Å². The van der Waals surface area contributed by atoms with Crippen LogP contribution in [0.25, 0.3) is 0 Å². The van der Waals surface area contributed by atoms with Crippen molar-refractivity contribution in [2.45, 2.75) is 26.2 Å². The molecule has 0 aromatic carbocycles. The summed E-state index contributed by atoms with van der Waals surface area (Å²) in [5.74, 6) is 0.727. The molecule has 1 atom stereocenters. The Morgan fingerprint density at radius 1 is 1.67 bits per heavy atom. The van der Waals surface area contributed by atoms with E-state index in [-0.39, 0.29) is 12.3 Å². The van der Waals surface area contributed by atoms with E-state index in [0.717, 1.165) is 11.5 Å². The molecule has 0 unspecified atom stereocenters. The van der Waals surface area contributed by atoms with E-state index in [0.29, 0.717) is 0 Å². The third-order valence-corrected chi connectivity index (χ3v) is 1.73. The van der Waals surface area contributed by atoms with Gasteiger partial charge in [0.05, 0.1) is 6.42 Å². The van der Waals surface area contributed by atoms with Gasteiger partial charge in [-0.1, -0.05) is 6.92 Å². The molecule has 3 nitrogen and oxygen atoms in total. The lowest BCUT2D eigenvalue weighted by atomic mass is 10.1. The van der Waals surface area contributed by atoms with E-state index in [1.807, 2.05) is 26.0 Å². The van der Waals surface area contributed by atoms with Gasteiger partial charge in [0.15, 0.2) is 0 Å². The second-order valence-electron chi connectivity index (χ2n) is 2.95. The summed E-state index contributed by atoms with van der Waals surface area (Å²) in [7, 11) is 0. The van der Waals surface area contributed by atoms with Crippen LogP contribution in [0.5, 0.6) is 0 Å². The van der Waals surface area contributed by atoms with Gasteiger partial charge in [-0.15, -0.1) is 0 Å². The summed E-state index contributed by atoms with van der Waals surface area (Å²) in [6, 6.07) is 3.66. The van der Waals surface area contributed by atoms with Crippen molar-refractivity contribution < 1.29 is 14.3 Å². The lowest BCUT2D eigenvalue weighted by Crippen LogP contribution is -2.01. The highest BCUT2D eigenvalue weighted by Crippen LogP contribution is 2.20. The summed E-state index contributed by atoms with van der Waals surface area (Å²) >= 11 is 0. The molecule has 1 aromatic heterocycles. The molecule has 1 heterocycles. The van der Waals surface area contributed by atoms with E-state index >= 15 is 0 Å². The molecule has 0 amide bonds. The molecule has 0 spiro atoms. The minimum atomic E-state index is -0.795. The van der Waals surface area contributed by atoms with Gasteiger partial charge < -0.3 is 9.52 Å².